The SMILES string of the molecule is O=C(NC[C@]1(Cc2ccc(F)cc2)CCC[C@@H]1O)c1cnn(-c2ccccc2F)c1. The van der Waals surface area contributed by atoms with Gasteiger partial charge in [-0.05, 0) is 49.1 Å². The zero-order valence-electron chi connectivity index (χ0n) is 16.4. The standard InChI is InChI=1S/C23H23F2N3O2/c24-18-9-7-16(8-10-18)12-23(11-3-6-21(23)29)15-26-22(30)17-13-27-28(14-17)20-5-2-1-4-19(20)25/h1-2,4-5,7-10,13-14,21,29H,3,6,11-12,15H2,(H,26,30)/t21-,23+/m0/s1. The molecule has 3 aromatic rings. The van der Waals surface area contributed by atoms with Gasteiger partial charge in [-0.1, -0.05) is 30.7 Å². The Morgan fingerprint density at radius 2 is 1.97 bits per heavy atom. The van der Waals surface area contributed by atoms with E-state index in [0.717, 1.165) is 18.4 Å². The van der Waals surface area contributed by atoms with Crippen LogP contribution in [0.25, 0.3) is 5.69 Å². The molecule has 1 amide bonds. The molecule has 2 N–H and O–H groups in total. The number of benzene rings is 2. The Morgan fingerprint density at radius 3 is 2.67 bits per heavy atom. The lowest BCUT2D eigenvalue weighted by Gasteiger charge is -2.33. The summed E-state index contributed by atoms with van der Waals surface area (Å²) in [6, 6.07) is 12.4. The van der Waals surface area contributed by atoms with Crippen LogP contribution in [-0.2, 0) is 6.42 Å². The highest BCUT2D eigenvalue weighted by atomic mass is 19.1. The van der Waals surface area contributed by atoms with Crippen molar-refractivity contribution in [2.24, 2.45) is 5.41 Å². The molecule has 156 valence electrons. The van der Waals surface area contributed by atoms with Crippen LogP contribution in [0.1, 0.15) is 35.2 Å². The number of nitrogens with one attached hydrogen (secondary N) is 1. The molecule has 1 saturated carbocycles. The van der Waals surface area contributed by atoms with Crippen LogP contribution in [0.4, 0.5) is 8.78 Å². The Hall–Kier alpha value is -3.06. The van der Waals surface area contributed by atoms with Crippen molar-refractivity contribution in [2.75, 3.05) is 6.54 Å². The molecule has 5 nitrogen and oxygen atoms in total. The first kappa shape index (κ1) is 20.2. The third-order valence-corrected chi connectivity index (χ3v) is 5.87. The van der Waals surface area contributed by atoms with Gasteiger partial charge in [0.1, 0.15) is 17.3 Å². The summed E-state index contributed by atoms with van der Waals surface area (Å²) < 4.78 is 28.5. The molecular weight excluding hydrogens is 388 g/mol. The van der Waals surface area contributed by atoms with Gasteiger partial charge in [0.25, 0.3) is 5.91 Å². The third kappa shape index (κ3) is 4.11. The fourth-order valence-corrected chi connectivity index (χ4v) is 4.17. The lowest BCUT2D eigenvalue weighted by Crippen LogP contribution is -2.44. The molecule has 1 aliphatic carbocycles. The minimum Gasteiger partial charge on any atom is -0.392 e. The molecule has 2 aromatic carbocycles. The number of nitrogens with zero attached hydrogens (tertiary/aromatic N) is 2. The fraction of sp³-hybridized carbons (Fsp3) is 0.304. The van der Waals surface area contributed by atoms with Gasteiger partial charge in [-0.25, -0.2) is 13.5 Å². The number of hydrogen-bond donors (Lipinski definition) is 2. The number of hydrogen-bond acceptors (Lipinski definition) is 3. The zero-order valence-corrected chi connectivity index (χ0v) is 16.4. The molecule has 1 fully saturated rings. The minimum atomic E-state index is -0.552. The van der Waals surface area contributed by atoms with Crippen LogP contribution in [0.5, 0.6) is 0 Å². The second-order valence-corrected chi connectivity index (χ2v) is 7.88. The summed E-state index contributed by atoms with van der Waals surface area (Å²) in [7, 11) is 0. The smallest absolute Gasteiger partial charge is 0.254 e. The van der Waals surface area contributed by atoms with Crippen LogP contribution in [0.3, 0.4) is 0 Å². The van der Waals surface area contributed by atoms with Gasteiger partial charge < -0.3 is 10.4 Å². The minimum absolute atomic E-state index is 0.260. The zero-order chi connectivity index (χ0) is 21.1. The van der Waals surface area contributed by atoms with Gasteiger partial charge in [0.15, 0.2) is 0 Å². The summed E-state index contributed by atoms with van der Waals surface area (Å²) in [6.07, 6.45) is 5.16. The summed E-state index contributed by atoms with van der Waals surface area (Å²) >= 11 is 0. The molecule has 0 unspecified atom stereocenters. The first-order chi connectivity index (χ1) is 14.5. The molecule has 1 aromatic heterocycles. The quantitative estimate of drug-likeness (QED) is 0.651. The van der Waals surface area contributed by atoms with Gasteiger partial charge in [0.05, 0.1) is 17.9 Å². The molecule has 4 rings (SSSR count). The first-order valence-electron chi connectivity index (χ1n) is 9.97. The maximum Gasteiger partial charge on any atom is 0.254 e. The number of carbonyl (C=O) groups is 1. The van der Waals surface area contributed by atoms with Crippen molar-refractivity contribution in [1.29, 1.82) is 0 Å². The summed E-state index contributed by atoms with van der Waals surface area (Å²) in [6.45, 7) is 0.287. The van der Waals surface area contributed by atoms with Crippen LogP contribution in [0, 0.1) is 17.0 Å². The van der Waals surface area contributed by atoms with Crippen molar-refractivity contribution in [3.63, 3.8) is 0 Å². The number of para-hydroxylation sites is 1. The molecule has 2 atom stereocenters. The Balaban J connectivity index is 1.47. The monoisotopic (exact) mass is 411 g/mol. The predicted octanol–water partition coefficient (Wildman–Crippen LogP) is 3.65. The molecule has 30 heavy (non-hydrogen) atoms. The lowest BCUT2D eigenvalue weighted by atomic mass is 9.78. The van der Waals surface area contributed by atoms with Gasteiger partial charge >= 0.3 is 0 Å². The Bertz CT molecular complexity index is 1030. The van der Waals surface area contributed by atoms with E-state index in [1.807, 2.05) is 0 Å². The summed E-state index contributed by atoms with van der Waals surface area (Å²) in [5.41, 5.74) is 0.979. The largest absolute Gasteiger partial charge is 0.392 e. The van der Waals surface area contributed by atoms with E-state index >= 15 is 0 Å². The van der Waals surface area contributed by atoms with Gasteiger partial charge in [0.2, 0.25) is 0 Å². The van der Waals surface area contributed by atoms with E-state index in [9.17, 15) is 18.7 Å². The van der Waals surface area contributed by atoms with Crippen LogP contribution in [0.2, 0.25) is 0 Å². The predicted molar refractivity (Wildman–Crippen MR) is 108 cm³/mol. The van der Waals surface area contributed by atoms with E-state index in [2.05, 4.69) is 10.4 Å². The maximum absolute atomic E-state index is 14.0. The number of carbonyl (C=O) groups excluding carboxylic acids is 1. The van der Waals surface area contributed by atoms with Gasteiger partial charge in [0, 0.05) is 18.2 Å². The van der Waals surface area contributed by atoms with Crippen molar-refractivity contribution >= 4 is 5.91 Å². The Morgan fingerprint density at radius 1 is 1.20 bits per heavy atom. The van der Waals surface area contributed by atoms with Crippen LogP contribution in [0.15, 0.2) is 60.9 Å². The maximum atomic E-state index is 14.0. The van der Waals surface area contributed by atoms with E-state index in [1.165, 1.54) is 35.3 Å². The highest BCUT2D eigenvalue weighted by Crippen LogP contribution is 2.41. The van der Waals surface area contributed by atoms with Crippen molar-refractivity contribution in [3.8, 4) is 5.69 Å². The molecule has 0 radical (unpaired) electrons. The third-order valence-electron chi connectivity index (χ3n) is 5.87. The average Bonchev–Trinajstić information content (AvgIpc) is 3.36. The molecule has 0 aliphatic heterocycles. The average molecular weight is 411 g/mol. The van der Waals surface area contributed by atoms with Crippen LogP contribution >= 0.6 is 0 Å². The topological polar surface area (TPSA) is 67.2 Å². The van der Waals surface area contributed by atoms with E-state index in [0.29, 0.717) is 18.4 Å². The molecule has 0 saturated heterocycles. The molecular formula is C23H23F2N3O2. The fourth-order valence-electron chi connectivity index (χ4n) is 4.17. The number of aromatic nitrogens is 2. The number of halogens is 2. The summed E-state index contributed by atoms with van der Waals surface area (Å²) in [5.74, 6) is -1.07. The molecule has 1 aliphatic rings. The van der Waals surface area contributed by atoms with Crippen LogP contribution in [-0.4, -0.2) is 33.4 Å². The summed E-state index contributed by atoms with van der Waals surface area (Å²) in [5, 5.41) is 17.6. The normalized spacial score (nSPS) is 21.0. The van der Waals surface area contributed by atoms with Crippen molar-refractivity contribution in [3.05, 3.63) is 83.7 Å². The highest BCUT2D eigenvalue weighted by molar-refractivity contribution is 5.93. The number of amides is 1. The second-order valence-electron chi connectivity index (χ2n) is 7.88. The van der Waals surface area contributed by atoms with Crippen molar-refractivity contribution in [2.45, 2.75) is 31.8 Å². The van der Waals surface area contributed by atoms with Gasteiger partial charge in [-0.2, -0.15) is 5.10 Å². The summed E-state index contributed by atoms with van der Waals surface area (Å²) in [4.78, 5) is 12.7. The van der Waals surface area contributed by atoms with E-state index < -0.39 is 17.3 Å². The van der Waals surface area contributed by atoms with Crippen LogP contribution < -0.4 is 5.32 Å². The van der Waals surface area contributed by atoms with Gasteiger partial charge in [-0.15, -0.1) is 0 Å². The van der Waals surface area contributed by atoms with Crippen molar-refractivity contribution in [1.82, 2.24) is 15.1 Å². The highest BCUT2D eigenvalue weighted by Gasteiger charge is 2.42. The van der Waals surface area contributed by atoms with E-state index in [1.54, 1.807) is 30.3 Å². The van der Waals surface area contributed by atoms with Crippen molar-refractivity contribution < 1.29 is 18.7 Å². The number of aliphatic hydroxyl groups excluding tert-OH is 1. The molecule has 0 spiro atoms. The lowest BCUT2D eigenvalue weighted by molar-refractivity contribution is 0.0500. The first-order valence-corrected chi connectivity index (χ1v) is 9.97. The van der Waals surface area contributed by atoms with Gasteiger partial charge in [-0.3, -0.25) is 4.79 Å². The Kier molecular flexibility index (Phi) is 5.63. The second kappa shape index (κ2) is 8.36. The van der Waals surface area contributed by atoms with E-state index in [4.69, 9.17) is 0 Å². The van der Waals surface area contributed by atoms with E-state index in [-0.39, 0.29) is 24.0 Å². The number of aliphatic hydroxyl groups is 1. The molecule has 0 bridgehead atoms. The molecule has 1 heterocycles. The molecule has 7 heteroatoms. The number of rotatable bonds is 6. The Labute approximate surface area is 173 Å².